The Morgan fingerprint density at radius 1 is 0.966 bits per heavy atom. The van der Waals surface area contributed by atoms with Crippen molar-refractivity contribution in [2.24, 2.45) is 16.6 Å². The lowest BCUT2D eigenvalue weighted by Crippen LogP contribution is -2.35. The molecular weight excluding hydrogens is 735 g/mol. The van der Waals surface area contributed by atoms with E-state index >= 15 is 0 Å². The van der Waals surface area contributed by atoms with E-state index in [0.29, 0.717) is 54.2 Å². The molecule has 0 saturated carbocycles. The van der Waals surface area contributed by atoms with Gasteiger partial charge < -0.3 is 25.8 Å². The normalized spacial score (nSPS) is 17.7. The van der Waals surface area contributed by atoms with E-state index in [4.69, 9.17) is 10.5 Å². The molecule has 304 valence electrons. The first-order chi connectivity index (χ1) is 28.7. The molecule has 3 atom stereocenters. The van der Waals surface area contributed by atoms with Crippen LogP contribution >= 0.6 is 0 Å². The van der Waals surface area contributed by atoms with Crippen molar-refractivity contribution in [3.05, 3.63) is 159 Å². The minimum atomic E-state index is -0.470. The zero-order chi connectivity index (χ0) is 41.1. The summed E-state index contributed by atoms with van der Waals surface area (Å²) in [7, 11) is 0. The second-order valence-electron chi connectivity index (χ2n) is 16.0. The number of unbranched alkanes of at least 4 members (excludes halogenated alkanes) is 1. The number of hydrogen-bond donors (Lipinski definition) is 4. The second kappa shape index (κ2) is 19.7. The number of aromatic hydroxyl groups is 2. The van der Waals surface area contributed by atoms with Gasteiger partial charge in [-0.15, -0.1) is 5.76 Å². The summed E-state index contributed by atoms with van der Waals surface area (Å²) in [6.07, 6.45) is 14.9. The number of aliphatic imine (C=N–C) groups is 1. The molecule has 0 aromatic heterocycles. The van der Waals surface area contributed by atoms with E-state index < -0.39 is 5.92 Å². The summed E-state index contributed by atoms with van der Waals surface area (Å²) in [5.74, 6) is 7.28. The third-order valence-electron chi connectivity index (χ3n) is 11.7. The number of rotatable bonds is 16. The first-order valence-corrected chi connectivity index (χ1v) is 21.0. The molecule has 0 bridgehead atoms. The van der Waals surface area contributed by atoms with Crippen LogP contribution in [0.5, 0.6) is 17.2 Å². The van der Waals surface area contributed by atoms with Gasteiger partial charge in [-0.1, -0.05) is 85.9 Å². The Bertz CT molecular complexity index is 2330. The topological polar surface area (TPSA) is 140 Å². The third-order valence-corrected chi connectivity index (χ3v) is 11.7. The number of nitrogens with two attached hydrogens (primary N) is 1. The molecule has 0 saturated heterocycles. The smallest absolute Gasteiger partial charge is 0.161 e. The van der Waals surface area contributed by atoms with Crippen LogP contribution in [0.3, 0.4) is 0 Å². The van der Waals surface area contributed by atoms with Crippen LogP contribution in [0.15, 0.2) is 120 Å². The first-order valence-electron chi connectivity index (χ1n) is 21.0. The first kappa shape index (κ1) is 41.3. The van der Waals surface area contributed by atoms with Crippen molar-refractivity contribution in [1.82, 2.24) is 5.32 Å². The molecule has 59 heavy (non-hydrogen) atoms. The highest BCUT2D eigenvalue weighted by atomic mass is 16.5. The number of nitrogens with one attached hydrogen (secondary N) is 1. The highest BCUT2D eigenvalue weighted by Crippen LogP contribution is 2.40. The quantitative estimate of drug-likeness (QED) is 0.0510. The van der Waals surface area contributed by atoms with Gasteiger partial charge in [0.1, 0.15) is 5.75 Å². The average Bonchev–Trinajstić information content (AvgIpc) is 3.72. The number of aryl methyl sites for hydroxylation is 2. The fourth-order valence-electron chi connectivity index (χ4n) is 8.22. The van der Waals surface area contributed by atoms with Crippen LogP contribution < -0.4 is 20.9 Å². The van der Waals surface area contributed by atoms with Gasteiger partial charge in [0, 0.05) is 42.6 Å². The Hall–Kier alpha value is -5.88. The molecule has 3 unspecified atom stereocenters. The number of phenolic OH excluding ortho intramolecular Hbond substituents is 2. The van der Waals surface area contributed by atoms with E-state index in [-0.39, 0.29) is 42.2 Å². The number of allylic oxidation sites excluding steroid dienone is 5. The molecule has 3 aliphatic rings. The summed E-state index contributed by atoms with van der Waals surface area (Å²) >= 11 is 0. The minimum absolute atomic E-state index is 0.0294. The van der Waals surface area contributed by atoms with E-state index in [1.807, 2.05) is 30.3 Å². The van der Waals surface area contributed by atoms with Crippen LogP contribution in [0.1, 0.15) is 108 Å². The van der Waals surface area contributed by atoms with Crippen LogP contribution in [0.25, 0.3) is 0 Å². The van der Waals surface area contributed by atoms with Gasteiger partial charge in [-0.2, -0.15) is 0 Å². The lowest BCUT2D eigenvalue weighted by Gasteiger charge is -2.30. The molecule has 5 N–H and O–H groups in total. The monoisotopic (exact) mass is 788 g/mol. The molecule has 2 heterocycles. The highest BCUT2D eigenvalue weighted by molar-refractivity contribution is 6.06. The number of carbonyl (C=O) groups excluding carboxylic acids is 1. The van der Waals surface area contributed by atoms with Crippen molar-refractivity contribution in [3.63, 3.8) is 0 Å². The molecule has 7 rings (SSSR count). The number of nitrogens with zero attached hydrogens (tertiary/aromatic N) is 1. The van der Waals surface area contributed by atoms with Crippen molar-refractivity contribution >= 4 is 11.5 Å². The maximum Gasteiger partial charge on any atom is 0.161 e. The lowest BCUT2D eigenvalue weighted by atomic mass is 9.80. The lowest BCUT2D eigenvalue weighted by molar-refractivity contribution is -0.307. The number of ether oxygens (including phenoxy) is 1. The van der Waals surface area contributed by atoms with Gasteiger partial charge in [0.25, 0.3) is 0 Å². The standard InChI is InChI=1S/C51H55N3O5/c1-34(15-16-35-10-5-3-6-11-35)9-4-2-7-13-40(55)20-17-36-19-22-48(57)50(30-36)59-28-25-37-18-21-47(56)45(29-37)44-33-49(58)41-24-27-53-46(41)14-8-12-38-32-43-39(31-42(38)44)23-26-54-51(43)52/h3,5-7,10-11,13,18-19,21-22,24,27,29-32,34,44,51,54,56-58H,2,4,9,14-17,20,23,25-26,28,33,52H2,1H3/p-1. The molecule has 2 aliphatic heterocycles. The molecule has 1 aliphatic carbocycles. The van der Waals surface area contributed by atoms with E-state index in [1.165, 1.54) is 12.0 Å². The summed E-state index contributed by atoms with van der Waals surface area (Å²) in [6, 6.07) is 25.4. The molecule has 8 nitrogen and oxygen atoms in total. The predicted octanol–water partition coefficient (Wildman–Crippen LogP) is 8.18. The number of fused-ring (bicyclic) bond motifs is 3. The summed E-state index contributed by atoms with van der Waals surface area (Å²) in [5.41, 5.74) is 15.3. The zero-order valence-corrected chi connectivity index (χ0v) is 33.9. The van der Waals surface area contributed by atoms with E-state index in [0.717, 1.165) is 72.0 Å². The van der Waals surface area contributed by atoms with Crippen LogP contribution in [-0.4, -0.2) is 34.9 Å². The molecule has 4 aromatic rings. The maximum atomic E-state index is 13.9. The number of carbonyl (C=O) groups is 1. The van der Waals surface area contributed by atoms with Crippen LogP contribution in [0.2, 0.25) is 0 Å². The molecule has 0 radical (unpaired) electrons. The van der Waals surface area contributed by atoms with E-state index in [2.05, 4.69) is 65.5 Å². The van der Waals surface area contributed by atoms with Crippen molar-refractivity contribution < 1.29 is 24.9 Å². The van der Waals surface area contributed by atoms with E-state index in [1.54, 1.807) is 36.6 Å². The van der Waals surface area contributed by atoms with Gasteiger partial charge in [0.2, 0.25) is 0 Å². The van der Waals surface area contributed by atoms with Crippen molar-refractivity contribution in [2.45, 2.75) is 89.6 Å². The summed E-state index contributed by atoms with van der Waals surface area (Å²) in [5, 5.41) is 39.2. The van der Waals surface area contributed by atoms with Crippen molar-refractivity contribution in [2.75, 3.05) is 13.2 Å². The largest absolute Gasteiger partial charge is 0.875 e. The summed E-state index contributed by atoms with van der Waals surface area (Å²) in [6.45, 7) is 3.31. The average molecular weight is 789 g/mol. The fourth-order valence-corrected chi connectivity index (χ4v) is 8.22. The van der Waals surface area contributed by atoms with Crippen LogP contribution in [0, 0.1) is 17.8 Å². The van der Waals surface area contributed by atoms with Gasteiger partial charge >= 0.3 is 0 Å². The minimum Gasteiger partial charge on any atom is -0.875 e. The Morgan fingerprint density at radius 2 is 1.78 bits per heavy atom. The Morgan fingerprint density at radius 3 is 2.63 bits per heavy atom. The SMILES string of the molecule is CC(CCCC=CC(=O)CCc1ccc(O)c(OCCc2ccc(O)c(C3CC([O-])=C4C=CN=C4CC#Cc4cc5c(cc43)CCNC5N)c2)c1)CCc1ccccc1. The Kier molecular flexibility index (Phi) is 13.8. The molecule has 8 heteroatoms. The number of benzene rings is 4. The van der Waals surface area contributed by atoms with E-state index in [9.17, 15) is 20.1 Å². The van der Waals surface area contributed by atoms with Crippen LogP contribution in [-0.2, 0) is 30.5 Å². The maximum absolute atomic E-state index is 13.9. The van der Waals surface area contributed by atoms with Gasteiger partial charge in [-0.3, -0.25) is 15.1 Å². The Balaban J connectivity index is 0.967. The number of phenols is 2. The third kappa shape index (κ3) is 10.8. The molecule has 0 fully saturated rings. The molecule has 0 spiro atoms. The predicted molar refractivity (Wildman–Crippen MR) is 232 cm³/mol. The second-order valence-corrected chi connectivity index (χ2v) is 16.0. The zero-order valence-electron chi connectivity index (χ0n) is 33.9. The number of hydrogen-bond acceptors (Lipinski definition) is 8. The summed E-state index contributed by atoms with van der Waals surface area (Å²) < 4.78 is 6.09. The van der Waals surface area contributed by atoms with Gasteiger partial charge in [0.05, 0.1) is 24.9 Å². The number of ketones is 1. The van der Waals surface area contributed by atoms with Crippen molar-refractivity contribution in [3.8, 4) is 29.1 Å². The molecule has 0 amide bonds. The highest BCUT2D eigenvalue weighted by Gasteiger charge is 2.26. The van der Waals surface area contributed by atoms with Gasteiger partial charge in [0.15, 0.2) is 17.3 Å². The van der Waals surface area contributed by atoms with Gasteiger partial charge in [-0.25, -0.2) is 0 Å². The molecule has 4 aromatic carbocycles. The van der Waals surface area contributed by atoms with Crippen molar-refractivity contribution in [1.29, 1.82) is 0 Å². The van der Waals surface area contributed by atoms with Crippen LogP contribution in [0.4, 0.5) is 0 Å². The Labute approximate surface area is 348 Å². The summed E-state index contributed by atoms with van der Waals surface area (Å²) in [4.78, 5) is 17.1. The fraction of sp³-hybridized carbons (Fsp3) is 0.333. The molecular formula is C51H54N3O5-. The van der Waals surface area contributed by atoms with Gasteiger partial charge in [-0.05, 0) is 126 Å².